The highest BCUT2D eigenvalue weighted by molar-refractivity contribution is 5.94. The van der Waals surface area contributed by atoms with Crippen LogP contribution in [-0.4, -0.2) is 32.7 Å². The highest BCUT2D eigenvalue weighted by Crippen LogP contribution is 2.24. The van der Waals surface area contributed by atoms with Crippen LogP contribution in [0.2, 0.25) is 0 Å². The number of amides is 1. The standard InChI is InChI=1S/C21H25NO5/c1-4-8-18(15-9-6-5-7-10-15)22-20(23)14-27-21(24)17-13-16(25-2)11-12-19(17)26-3/h5-7,9-13,18H,4,8,14H2,1-3H3,(H,22,23). The van der Waals surface area contributed by atoms with Gasteiger partial charge in [-0.05, 0) is 30.2 Å². The quantitative estimate of drug-likeness (QED) is 0.683. The van der Waals surface area contributed by atoms with Crippen LogP contribution in [0.15, 0.2) is 48.5 Å². The Balaban J connectivity index is 1.99. The molecule has 6 nitrogen and oxygen atoms in total. The van der Waals surface area contributed by atoms with E-state index < -0.39 is 5.97 Å². The molecular formula is C21H25NO5. The molecule has 1 amide bonds. The van der Waals surface area contributed by atoms with Gasteiger partial charge in [0.05, 0.1) is 20.3 Å². The average Bonchev–Trinajstić information content (AvgIpc) is 2.71. The molecule has 2 aromatic carbocycles. The molecule has 0 spiro atoms. The topological polar surface area (TPSA) is 73.9 Å². The van der Waals surface area contributed by atoms with Crippen molar-refractivity contribution in [1.82, 2.24) is 5.32 Å². The summed E-state index contributed by atoms with van der Waals surface area (Å²) < 4.78 is 15.4. The summed E-state index contributed by atoms with van der Waals surface area (Å²) in [6.07, 6.45) is 1.72. The van der Waals surface area contributed by atoms with Crippen molar-refractivity contribution in [2.75, 3.05) is 20.8 Å². The first-order valence-corrected chi connectivity index (χ1v) is 8.82. The molecular weight excluding hydrogens is 346 g/mol. The van der Waals surface area contributed by atoms with Gasteiger partial charge in [0.25, 0.3) is 5.91 Å². The smallest absolute Gasteiger partial charge is 0.342 e. The lowest BCUT2D eigenvalue weighted by Crippen LogP contribution is -2.32. The van der Waals surface area contributed by atoms with Gasteiger partial charge >= 0.3 is 5.97 Å². The second-order valence-corrected chi connectivity index (χ2v) is 5.96. The van der Waals surface area contributed by atoms with Gasteiger partial charge < -0.3 is 19.5 Å². The van der Waals surface area contributed by atoms with Gasteiger partial charge in [0, 0.05) is 0 Å². The number of methoxy groups -OCH3 is 2. The minimum Gasteiger partial charge on any atom is -0.497 e. The highest BCUT2D eigenvalue weighted by atomic mass is 16.5. The zero-order valence-electron chi connectivity index (χ0n) is 15.9. The van der Waals surface area contributed by atoms with E-state index in [0.717, 1.165) is 18.4 Å². The molecule has 0 radical (unpaired) electrons. The molecule has 1 atom stereocenters. The van der Waals surface area contributed by atoms with Crippen LogP contribution in [0.1, 0.15) is 41.7 Å². The van der Waals surface area contributed by atoms with Crippen molar-refractivity contribution < 1.29 is 23.8 Å². The Labute approximate surface area is 159 Å². The van der Waals surface area contributed by atoms with Crippen molar-refractivity contribution in [3.05, 3.63) is 59.7 Å². The van der Waals surface area contributed by atoms with E-state index in [0.29, 0.717) is 11.5 Å². The number of rotatable bonds is 9. The Morgan fingerprint density at radius 3 is 2.41 bits per heavy atom. The molecule has 0 saturated carbocycles. The number of carbonyl (C=O) groups excluding carboxylic acids is 2. The summed E-state index contributed by atoms with van der Waals surface area (Å²) in [5.74, 6) is -0.145. The molecule has 0 fully saturated rings. The lowest BCUT2D eigenvalue weighted by molar-refractivity contribution is -0.125. The Bertz CT molecular complexity index is 760. The number of benzene rings is 2. The van der Waals surface area contributed by atoms with Gasteiger partial charge in [-0.15, -0.1) is 0 Å². The molecule has 1 unspecified atom stereocenters. The van der Waals surface area contributed by atoms with Gasteiger partial charge in [-0.2, -0.15) is 0 Å². The zero-order chi connectivity index (χ0) is 19.6. The van der Waals surface area contributed by atoms with Gasteiger partial charge in [-0.25, -0.2) is 4.79 Å². The number of nitrogens with one attached hydrogen (secondary N) is 1. The number of hydrogen-bond donors (Lipinski definition) is 1. The third-order valence-electron chi connectivity index (χ3n) is 4.08. The number of hydrogen-bond acceptors (Lipinski definition) is 5. The monoisotopic (exact) mass is 371 g/mol. The minimum atomic E-state index is -0.646. The van der Waals surface area contributed by atoms with Crippen LogP contribution in [0.4, 0.5) is 0 Å². The Morgan fingerprint density at radius 1 is 1.04 bits per heavy atom. The first kappa shape index (κ1) is 20.3. The summed E-state index contributed by atoms with van der Waals surface area (Å²) in [5.41, 5.74) is 1.23. The minimum absolute atomic E-state index is 0.117. The van der Waals surface area contributed by atoms with Crippen LogP contribution in [0, 0.1) is 0 Å². The SMILES string of the molecule is CCCC(NC(=O)COC(=O)c1cc(OC)ccc1OC)c1ccccc1. The number of esters is 1. The predicted molar refractivity (Wildman–Crippen MR) is 102 cm³/mol. The lowest BCUT2D eigenvalue weighted by atomic mass is 10.0. The highest BCUT2D eigenvalue weighted by Gasteiger charge is 2.18. The summed E-state index contributed by atoms with van der Waals surface area (Å²) in [7, 11) is 2.96. The lowest BCUT2D eigenvalue weighted by Gasteiger charge is -2.18. The fraction of sp³-hybridized carbons (Fsp3) is 0.333. The third kappa shape index (κ3) is 5.74. The molecule has 0 saturated heterocycles. The van der Waals surface area contributed by atoms with Crippen LogP contribution in [-0.2, 0) is 9.53 Å². The van der Waals surface area contributed by atoms with Crippen molar-refractivity contribution in [2.45, 2.75) is 25.8 Å². The maximum Gasteiger partial charge on any atom is 0.342 e. The van der Waals surface area contributed by atoms with E-state index in [1.54, 1.807) is 12.1 Å². The molecule has 0 bridgehead atoms. The van der Waals surface area contributed by atoms with Crippen LogP contribution in [0.3, 0.4) is 0 Å². The third-order valence-corrected chi connectivity index (χ3v) is 4.08. The van der Waals surface area contributed by atoms with Crippen molar-refractivity contribution in [3.63, 3.8) is 0 Å². The van der Waals surface area contributed by atoms with Gasteiger partial charge in [0.1, 0.15) is 17.1 Å². The predicted octanol–water partition coefficient (Wildman–Crippen LogP) is 3.52. The molecule has 144 valence electrons. The van der Waals surface area contributed by atoms with Gasteiger partial charge in [-0.3, -0.25) is 4.79 Å². The molecule has 0 aromatic heterocycles. The molecule has 2 aromatic rings. The second kappa shape index (κ2) is 10.2. The van der Waals surface area contributed by atoms with E-state index in [9.17, 15) is 9.59 Å². The summed E-state index contributed by atoms with van der Waals surface area (Å²) in [6.45, 7) is 1.68. The Kier molecular flexibility index (Phi) is 7.67. The van der Waals surface area contributed by atoms with Crippen LogP contribution in [0.5, 0.6) is 11.5 Å². The molecule has 27 heavy (non-hydrogen) atoms. The van der Waals surface area contributed by atoms with E-state index in [1.165, 1.54) is 20.3 Å². The molecule has 2 rings (SSSR count). The van der Waals surface area contributed by atoms with E-state index in [1.807, 2.05) is 30.3 Å². The maximum absolute atomic E-state index is 12.3. The van der Waals surface area contributed by atoms with Crippen LogP contribution >= 0.6 is 0 Å². The Morgan fingerprint density at radius 2 is 1.78 bits per heavy atom. The van der Waals surface area contributed by atoms with Gasteiger partial charge in [0.2, 0.25) is 0 Å². The average molecular weight is 371 g/mol. The largest absolute Gasteiger partial charge is 0.497 e. The van der Waals surface area contributed by atoms with Crippen molar-refractivity contribution in [1.29, 1.82) is 0 Å². The van der Waals surface area contributed by atoms with Crippen molar-refractivity contribution in [3.8, 4) is 11.5 Å². The maximum atomic E-state index is 12.3. The van der Waals surface area contributed by atoms with E-state index in [2.05, 4.69) is 12.2 Å². The van der Waals surface area contributed by atoms with Crippen LogP contribution < -0.4 is 14.8 Å². The summed E-state index contributed by atoms with van der Waals surface area (Å²) in [5, 5.41) is 2.92. The molecule has 0 aliphatic heterocycles. The zero-order valence-corrected chi connectivity index (χ0v) is 15.9. The molecule has 6 heteroatoms. The summed E-state index contributed by atoms with van der Waals surface area (Å²) >= 11 is 0. The number of ether oxygens (including phenoxy) is 3. The Hall–Kier alpha value is -3.02. The van der Waals surface area contributed by atoms with Gasteiger partial charge in [0.15, 0.2) is 6.61 Å². The molecule has 0 aliphatic carbocycles. The molecule has 0 heterocycles. The number of carbonyl (C=O) groups is 2. The second-order valence-electron chi connectivity index (χ2n) is 5.96. The van der Waals surface area contributed by atoms with E-state index in [4.69, 9.17) is 14.2 Å². The summed E-state index contributed by atoms with van der Waals surface area (Å²) in [4.78, 5) is 24.6. The van der Waals surface area contributed by atoms with Gasteiger partial charge in [-0.1, -0.05) is 43.7 Å². The van der Waals surface area contributed by atoms with Crippen LogP contribution in [0.25, 0.3) is 0 Å². The molecule has 0 aliphatic rings. The first-order chi connectivity index (χ1) is 13.1. The van der Waals surface area contributed by atoms with Crippen molar-refractivity contribution >= 4 is 11.9 Å². The first-order valence-electron chi connectivity index (χ1n) is 8.82. The normalized spacial score (nSPS) is 11.4. The summed E-state index contributed by atoms with van der Waals surface area (Å²) in [6, 6.07) is 14.4. The molecule has 1 N–H and O–H groups in total. The van der Waals surface area contributed by atoms with E-state index >= 15 is 0 Å². The fourth-order valence-corrected chi connectivity index (χ4v) is 2.71. The van der Waals surface area contributed by atoms with Crippen molar-refractivity contribution in [2.24, 2.45) is 0 Å². The van der Waals surface area contributed by atoms with E-state index in [-0.39, 0.29) is 24.1 Å². The fourth-order valence-electron chi connectivity index (χ4n) is 2.71.